The highest BCUT2D eigenvalue weighted by Gasteiger charge is 2.17. The van der Waals surface area contributed by atoms with Gasteiger partial charge in [0.05, 0.1) is 30.3 Å². The van der Waals surface area contributed by atoms with Gasteiger partial charge in [-0.05, 0) is 5.56 Å². The largest absolute Gasteiger partial charge is 0.387 e. The van der Waals surface area contributed by atoms with Crippen LogP contribution < -0.4 is 5.73 Å². The first kappa shape index (κ1) is 14.2. The number of alkyl halides is 1. The van der Waals surface area contributed by atoms with E-state index in [9.17, 15) is 9.50 Å². The van der Waals surface area contributed by atoms with Crippen molar-refractivity contribution in [3.05, 3.63) is 41.6 Å². The monoisotopic (exact) mass is 275 g/mol. The van der Waals surface area contributed by atoms with Crippen molar-refractivity contribution in [1.29, 1.82) is 5.26 Å². The van der Waals surface area contributed by atoms with E-state index in [4.69, 9.17) is 15.5 Å². The summed E-state index contributed by atoms with van der Waals surface area (Å²) in [7, 11) is 0. The third-order valence-electron chi connectivity index (χ3n) is 2.94. The smallest absolute Gasteiger partial charge is 0.167 e. The number of aliphatic hydroxyl groups is 1. The Hall–Kier alpha value is -2.23. The van der Waals surface area contributed by atoms with Crippen molar-refractivity contribution in [3.8, 4) is 17.4 Å². The van der Waals surface area contributed by atoms with Crippen LogP contribution in [0, 0.1) is 11.3 Å². The van der Waals surface area contributed by atoms with E-state index >= 15 is 0 Å². The molecule has 20 heavy (non-hydrogen) atoms. The second kappa shape index (κ2) is 6.28. The van der Waals surface area contributed by atoms with Crippen LogP contribution >= 0.6 is 0 Å². The lowest BCUT2D eigenvalue weighted by Crippen LogP contribution is -2.30. The van der Waals surface area contributed by atoms with Crippen LogP contribution in [-0.2, 0) is 6.42 Å². The summed E-state index contributed by atoms with van der Waals surface area (Å²) in [5, 5.41) is 22.1. The predicted molar refractivity (Wildman–Crippen MR) is 70.2 cm³/mol. The van der Waals surface area contributed by atoms with Gasteiger partial charge in [0, 0.05) is 11.6 Å². The van der Waals surface area contributed by atoms with Gasteiger partial charge in [-0.2, -0.15) is 5.26 Å². The van der Waals surface area contributed by atoms with Gasteiger partial charge in [0.2, 0.25) is 0 Å². The summed E-state index contributed by atoms with van der Waals surface area (Å²) in [6, 6.07) is 9.49. The van der Waals surface area contributed by atoms with Crippen molar-refractivity contribution in [2.75, 3.05) is 6.67 Å². The third-order valence-corrected chi connectivity index (χ3v) is 2.94. The summed E-state index contributed by atoms with van der Waals surface area (Å²) in [4.78, 5) is 0. The quantitative estimate of drug-likeness (QED) is 0.866. The van der Waals surface area contributed by atoms with E-state index in [1.54, 1.807) is 30.3 Å². The van der Waals surface area contributed by atoms with Crippen LogP contribution in [0.15, 0.2) is 34.9 Å². The highest BCUT2D eigenvalue weighted by Crippen LogP contribution is 2.24. The average Bonchev–Trinajstić information content (AvgIpc) is 2.95. The summed E-state index contributed by atoms with van der Waals surface area (Å²) in [6.45, 7) is -0.789. The van der Waals surface area contributed by atoms with Crippen LogP contribution in [0.3, 0.4) is 0 Å². The fraction of sp³-hybridized carbons (Fsp3) is 0.286. The maximum absolute atomic E-state index is 12.4. The molecule has 0 saturated heterocycles. The predicted octanol–water partition coefficient (Wildman–Crippen LogP) is 1.74. The molecule has 0 aliphatic heterocycles. The number of nitrogens with zero attached hydrogens (tertiary/aromatic N) is 2. The second-order valence-electron chi connectivity index (χ2n) is 4.40. The summed E-state index contributed by atoms with van der Waals surface area (Å²) in [5.74, 6) is 0.533. The van der Waals surface area contributed by atoms with Gasteiger partial charge in [0.1, 0.15) is 6.67 Å². The third kappa shape index (κ3) is 3.02. The van der Waals surface area contributed by atoms with E-state index in [0.29, 0.717) is 17.0 Å². The molecule has 2 aromatic rings. The molecule has 6 heteroatoms. The maximum Gasteiger partial charge on any atom is 0.167 e. The van der Waals surface area contributed by atoms with Gasteiger partial charge in [-0.3, -0.25) is 0 Å². The number of halogens is 1. The fourth-order valence-corrected chi connectivity index (χ4v) is 1.79. The number of hydrogen-bond acceptors (Lipinski definition) is 5. The fourth-order valence-electron chi connectivity index (χ4n) is 1.79. The molecule has 5 nitrogen and oxygen atoms in total. The Morgan fingerprint density at radius 3 is 2.70 bits per heavy atom. The van der Waals surface area contributed by atoms with Crippen LogP contribution in [0.1, 0.15) is 17.4 Å². The van der Waals surface area contributed by atoms with Crippen molar-refractivity contribution in [2.45, 2.75) is 18.6 Å². The minimum atomic E-state index is -1.04. The molecule has 1 aromatic heterocycles. The summed E-state index contributed by atoms with van der Waals surface area (Å²) in [6.07, 6.45) is -0.857. The van der Waals surface area contributed by atoms with Gasteiger partial charge >= 0.3 is 0 Å². The number of nitriles is 1. The zero-order chi connectivity index (χ0) is 14.5. The minimum absolute atomic E-state index is 0.186. The Kier molecular flexibility index (Phi) is 4.45. The molecule has 0 spiro atoms. The maximum atomic E-state index is 12.4. The molecular formula is C14H14FN3O2. The van der Waals surface area contributed by atoms with Crippen molar-refractivity contribution in [1.82, 2.24) is 5.16 Å². The van der Waals surface area contributed by atoms with Gasteiger partial charge in [0.15, 0.2) is 5.76 Å². The van der Waals surface area contributed by atoms with Crippen LogP contribution in [0.5, 0.6) is 0 Å². The lowest BCUT2D eigenvalue weighted by Gasteiger charge is -2.16. The lowest BCUT2D eigenvalue weighted by atomic mass is 10.0. The van der Waals surface area contributed by atoms with Crippen molar-refractivity contribution in [3.63, 3.8) is 0 Å². The number of rotatable bonds is 5. The topological polar surface area (TPSA) is 96.1 Å². The number of aliphatic hydroxyl groups excluding tert-OH is 1. The number of hydrogen-bond donors (Lipinski definition) is 2. The van der Waals surface area contributed by atoms with E-state index in [0.717, 1.165) is 5.56 Å². The molecule has 0 fully saturated rings. The molecule has 0 aliphatic rings. The SMILES string of the molecule is N#CCc1cc(-c2ccc([C@@H](O)[C@H](N)CF)cc2)on1. The molecule has 0 saturated carbocycles. The average molecular weight is 275 g/mol. The first-order valence-corrected chi connectivity index (χ1v) is 6.08. The number of aromatic nitrogens is 1. The molecular weight excluding hydrogens is 261 g/mol. The van der Waals surface area contributed by atoms with Crippen molar-refractivity contribution in [2.24, 2.45) is 5.73 Å². The van der Waals surface area contributed by atoms with Crippen LogP contribution in [-0.4, -0.2) is 23.0 Å². The molecule has 0 bridgehead atoms. The molecule has 2 atom stereocenters. The van der Waals surface area contributed by atoms with Gasteiger partial charge in [-0.1, -0.05) is 29.4 Å². The summed E-state index contributed by atoms with van der Waals surface area (Å²) < 4.78 is 17.5. The van der Waals surface area contributed by atoms with Gasteiger partial charge in [-0.25, -0.2) is 4.39 Å². The first-order chi connectivity index (χ1) is 9.65. The molecule has 0 unspecified atom stereocenters. The Morgan fingerprint density at radius 2 is 2.10 bits per heavy atom. The van der Waals surface area contributed by atoms with Gasteiger partial charge in [0.25, 0.3) is 0 Å². The van der Waals surface area contributed by atoms with Gasteiger partial charge in [-0.15, -0.1) is 0 Å². The van der Waals surface area contributed by atoms with E-state index < -0.39 is 18.8 Å². The Balaban J connectivity index is 2.17. The van der Waals surface area contributed by atoms with Gasteiger partial charge < -0.3 is 15.4 Å². The van der Waals surface area contributed by atoms with E-state index in [1.165, 1.54) is 0 Å². The lowest BCUT2D eigenvalue weighted by molar-refractivity contribution is 0.132. The Bertz CT molecular complexity index is 604. The van der Waals surface area contributed by atoms with Crippen molar-refractivity contribution < 1.29 is 14.0 Å². The summed E-state index contributed by atoms with van der Waals surface area (Å²) in [5.41, 5.74) is 7.31. The standard InChI is InChI=1S/C14H14FN3O2/c15-8-12(17)14(19)10-3-1-9(2-4-10)13-7-11(5-6-16)18-20-13/h1-4,7,12,14,19H,5,8,17H2/t12-,14-/m1/s1. The zero-order valence-corrected chi connectivity index (χ0v) is 10.7. The molecule has 1 heterocycles. The van der Waals surface area contributed by atoms with Crippen LogP contribution in [0.4, 0.5) is 4.39 Å². The molecule has 0 radical (unpaired) electrons. The molecule has 2 rings (SSSR count). The number of benzene rings is 1. The van der Waals surface area contributed by atoms with Crippen LogP contribution in [0.2, 0.25) is 0 Å². The Morgan fingerprint density at radius 1 is 1.40 bits per heavy atom. The molecule has 3 N–H and O–H groups in total. The molecule has 0 amide bonds. The summed E-state index contributed by atoms with van der Waals surface area (Å²) >= 11 is 0. The highest BCUT2D eigenvalue weighted by molar-refractivity contribution is 5.58. The second-order valence-corrected chi connectivity index (χ2v) is 4.40. The van der Waals surface area contributed by atoms with Crippen molar-refractivity contribution >= 4 is 0 Å². The molecule has 1 aromatic carbocycles. The van der Waals surface area contributed by atoms with E-state index in [1.807, 2.05) is 6.07 Å². The highest BCUT2D eigenvalue weighted by atomic mass is 19.1. The zero-order valence-electron chi connectivity index (χ0n) is 10.7. The normalized spacial score (nSPS) is 13.7. The molecule has 104 valence electrons. The minimum Gasteiger partial charge on any atom is -0.387 e. The van der Waals surface area contributed by atoms with Crippen LogP contribution in [0.25, 0.3) is 11.3 Å². The Labute approximate surface area is 115 Å². The first-order valence-electron chi connectivity index (χ1n) is 6.08. The van der Waals surface area contributed by atoms with E-state index in [-0.39, 0.29) is 6.42 Å². The molecule has 0 aliphatic carbocycles. The number of nitrogens with two attached hydrogens (primary N) is 1. The van der Waals surface area contributed by atoms with E-state index in [2.05, 4.69) is 5.16 Å².